The van der Waals surface area contributed by atoms with E-state index in [9.17, 15) is 5.11 Å². The topological polar surface area (TPSA) is 47.9 Å². The highest BCUT2D eigenvalue weighted by atomic mass is 16.7. The molecule has 1 fully saturated rings. The molecule has 1 rings (SSSR count). The first-order chi connectivity index (χ1) is 6.17. The van der Waals surface area contributed by atoms with Gasteiger partial charge in [0.25, 0.3) is 0 Å². The van der Waals surface area contributed by atoms with Crippen LogP contribution in [0.5, 0.6) is 0 Å². The molecule has 4 nitrogen and oxygen atoms in total. The Labute approximate surface area is 78.1 Å². The lowest BCUT2D eigenvalue weighted by molar-refractivity contribution is -0.187. The zero-order chi connectivity index (χ0) is 9.84. The summed E-state index contributed by atoms with van der Waals surface area (Å²) in [5.74, 6) is 0.586. The summed E-state index contributed by atoms with van der Waals surface area (Å²) in [4.78, 5) is 0. The van der Waals surface area contributed by atoms with Crippen LogP contribution in [-0.4, -0.2) is 37.8 Å². The van der Waals surface area contributed by atoms with Crippen molar-refractivity contribution in [2.45, 2.75) is 31.3 Å². The van der Waals surface area contributed by atoms with Crippen molar-refractivity contribution in [1.29, 1.82) is 0 Å². The minimum atomic E-state index is -0.438. The fourth-order valence-electron chi connectivity index (χ4n) is 1.49. The molecule has 0 saturated carbocycles. The second-order valence-electron chi connectivity index (χ2n) is 3.13. The lowest BCUT2D eigenvalue weighted by Gasteiger charge is -2.32. The monoisotopic (exact) mass is 188 g/mol. The molecule has 1 aliphatic rings. The number of rotatable bonds is 3. The summed E-state index contributed by atoms with van der Waals surface area (Å²) < 4.78 is 15.5. The van der Waals surface area contributed by atoms with Gasteiger partial charge in [-0.05, 0) is 0 Å². The Bertz CT molecular complexity index is 176. The zero-order valence-electron chi connectivity index (χ0n) is 8.03. The second kappa shape index (κ2) is 4.60. The van der Waals surface area contributed by atoms with E-state index in [0.717, 1.165) is 0 Å². The third-order valence-electron chi connectivity index (χ3n) is 2.05. The molecule has 1 saturated heterocycles. The number of hydrogen-bond donors (Lipinski definition) is 1. The third-order valence-corrected chi connectivity index (χ3v) is 2.05. The Morgan fingerprint density at radius 2 is 2.15 bits per heavy atom. The van der Waals surface area contributed by atoms with E-state index in [-0.39, 0.29) is 6.10 Å². The van der Waals surface area contributed by atoms with Gasteiger partial charge in [0.05, 0.1) is 11.9 Å². The van der Waals surface area contributed by atoms with Crippen LogP contribution in [-0.2, 0) is 14.2 Å². The lowest BCUT2D eigenvalue weighted by atomic mass is 10.0. The van der Waals surface area contributed by atoms with Crippen LogP contribution in [0.3, 0.4) is 0 Å². The summed E-state index contributed by atoms with van der Waals surface area (Å²) in [5.41, 5.74) is 0. The van der Waals surface area contributed by atoms with Gasteiger partial charge in [-0.15, -0.1) is 0 Å². The minimum absolute atomic E-state index is 0.258. The molecule has 1 N–H and O–H groups in total. The largest absolute Gasteiger partial charge is 0.490 e. The van der Waals surface area contributed by atoms with Crippen molar-refractivity contribution in [1.82, 2.24) is 0 Å². The van der Waals surface area contributed by atoms with E-state index in [1.807, 2.05) is 0 Å². The van der Waals surface area contributed by atoms with E-state index in [1.165, 1.54) is 0 Å². The molecule has 13 heavy (non-hydrogen) atoms. The maximum Gasteiger partial charge on any atom is 0.194 e. The molecule has 0 radical (unpaired) electrons. The molecule has 1 heterocycles. The first kappa shape index (κ1) is 10.5. The van der Waals surface area contributed by atoms with Crippen LogP contribution >= 0.6 is 0 Å². The number of hydrogen-bond acceptors (Lipinski definition) is 4. The summed E-state index contributed by atoms with van der Waals surface area (Å²) in [6, 6.07) is 0. The highest BCUT2D eigenvalue weighted by Gasteiger charge is 2.30. The average molecular weight is 188 g/mol. The minimum Gasteiger partial charge on any atom is -0.490 e. The molecule has 0 spiro atoms. The maximum absolute atomic E-state index is 9.44. The van der Waals surface area contributed by atoms with E-state index in [2.05, 4.69) is 6.58 Å². The van der Waals surface area contributed by atoms with Crippen molar-refractivity contribution < 1.29 is 19.3 Å². The Morgan fingerprint density at radius 3 is 2.62 bits per heavy atom. The lowest BCUT2D eigenvalue weighted by Crippen LogP contribution is -2.38. The van der Waals surface area contributed by atoms with Gasteiger partial charge in [0.1, 0.15) is 0 Å². The van der Waals surface area contributed by atoms with Crippen LogP contribution in [0.1, 0.15) is 12.8 Å². The number of methoxy groups -OCH3 is 2. The van der Waals surface area contributed by atoms with E-state index >= 15 is 0 Å². The smallest absolute Gasteiger partial charge is 0.194 e. The van der Waals surface area contributed by atoms with Gasteiger partial charge in [-0.2, -0.15) is 0 Å². The predicted molar refractivity (Wildman–Crippen MR) is 47.1 cm³/mol. The van der Waals surface area contributed by atoms with Gasteiger partial charge in [-0.3, -0.25) is 0 Å². The number of aliphatic hydroxyl groups is 1. The van der Waals surface area contributed by atoms with Crippen molar-refractivity contribution in [3.8, 4) is 0 Å². The van der Waals surface area contributed by atoms with Crippen molar-refractivity contribution in [2.24, 2.45) is 0 Å². The molecule has 0 amide bonds. The van der Waals surface area contributed by atoms with Gasteiger partial charge < -0.3 is 19.3 Å². The molecule has 0 unspecified atom stereocenters. The molecule has 76 valence electrons. The Balaban J connectivity index is 2.53. The van der Waals surface area contributed by atoms with Crippen LogP contribution in [0.2, 0.25) is 0 Å². The molecule has 0 aromatic heterocycles. The maximum atomic E-state index is 9.44. The summed E-state index contributed by atoms with van der Waals surface area (Å²) >= 11 is 0. The molecule has 0 aromatic carbocycles. The summed E-state index contributed by atoms with van der Waals surface area (Å²) in [6.07, 6.45) is -0.0841. The Morgan fingerprint density at radius 1 is 1.54 bits per heavy atom. The van der Waals surface area contributed by atoms with Gasteiger partial charge in [-0.1, -0.05) is 6.58 Å². The van der Waals surface area contributed by atoms with Gasteiger partial charge in [0.2, 0.25) is 0 Å². The SMILES string of the molecule is C=C1C[C@H](O)C[C@@H](C(OC)OC)O1. The van der Waals surface area contributed by atoms with Crippen molar-refractivity contribution in [2.75, 3.05) is 14.2 Å². The van der Waals surface area contributed by atoms with Crippen molar-refractivity contribution >= 4 is 0 Å². The molecule has 4 heteroatoms. The van der Waals surface area contributed by atoms with Crippen molar-refractivity contribution in [3.05, 3.63) is 12.3 Å². The Hall–Kier alpha value is -0.580. The van der Waals surface area contributed by atoms with Crippen LogP contribution in [0.25, 0.3) is 0 Å². The summed E-state index contributed by atoms with van der Waals surface area (Å²) in [6.45, 7) is 3.67. The van der Waals surface area contributed by atoms with Crippen LogP contribution in [0, 0.1) is 0 Å². The second-order valence-corrected chi connectivity index (χ2v) is 3.13. The fourth-order valence-corrected chi connectivity index (χ4v) is 1.49. The summed E-state index contributed by atoms with van der Waals surface area (Å²) in [5, 5.41) is 9.44. The van der Waals surface area contributed by atoms with Gasteiger partial charge >= 0.3 is 0 Å². The van der Waals surface area contributed by atoms with Crippen LogP contribution in [0.15, 0.2) is 12.3 Å². The van der Waals surface area contributed by atoms with E-state index in [0.29, 0.717) is 18.6 Å². The molecule has 2 atom stereocenters. The van der Waals surface area contributed by atoms with E-state index in [1.54, 1.807) is 14.2 Å². The molecule has 1 aliphatic heterocycles. The number of aliphatic hydroxyl groups excluding tert-OH is 1. The zero-order valence-corrected chi connectivity index (χ0v) is 8.03. The quantitative estimate of drug-likeness (QED) is 0.661. The standard InChI is InChI=1S/C9H16O4/c1-6-4-7(10)5-8(13-6)9(11-2)12-3/h7-10H,1,4-5H2,2-3H3/t7-,8-/m0/s1. The average Bonchev–Trinajstić information content (AvgIpc) is 2.04. The van der Waals surface area contributed by atoms with E-state index < -0.39 is 12.4 Å². The number of ether oxygens (including phenoxy) is 3. The van der Waals surface area contributed by atoms with E-state index in [4.69, 9.17) is 14.2 Å². The first-order valence-electron chi connectivity index (χ1n) is 4.25. The molecule has 0 aromatic rings. The molecular weight excluding hydrogens is 172 g/mol. The Kier molecular flexibility index (Phi) is 3.71. The van der Waals surface area contributed by atoms with Gasteiger partial charge in [0.15, 0.2) is 12.4 Å². The van der Waals surface area contributed by atoms with Gasteiger partial charge in [-0.25, -0.2) is 0 Å². The van der Waals surface area contributed by atoms with Crippen molar-refractivity contribution in [3.63, 3.8) is 0 Å². The van der Waals surface area contributed by atoms with Crippen LogP contribution in [0.4, 0.5) is 0 Å². The first-order valence-corrected chi connectivity index (χ1v) is 4.25. The third kappa shape index (κ3) is 2.69. The molecule has 0 aliphatic carbocycles. The van der Waals surface area contributed by atoms with Gasteiger partial charge in [0, 0.05) is 27.1 Å². The normalized spacial score (nSPS) is 29.1. The molecular formula is C9H16O4. The highest BCUT2D eigenvalue weighted by Crippen LogP contribution is 2.24. The van der Waals surface area contributed by atoms with Crippen LogP contribution < -0.4 is 0 Å². The summed E-state index contributed by atoms with van der Waals surface area (Å²) in [7, 11) is 3.09. The predicted octanol–water partition coefficient (Wildman–Crippen LogP) is 0.659. The fraction of sp³-hybridized carbons (Fsp3) is 0.778. The molecule has 0 bridgehead atoms. The highest BCUT2D eigenvalue weighted by molar-refractivity contribution is 4.93.